The molecular weight excluding hydrogens is 360 g/mol. The SMILES string of the molecule is Cc1cccc(NC(=O)N2CCc3nc(-c4ccc(Cl)cc4)ncc3C2)c1. The van der Waals surface area contributed by atoms with Gasteiger partial charge in [0.1, 0.15) is 0 Å². The number of hydrogen-bond acceptors (Lipinski definition) is 3. The molecule has 2 aromatic carbocycles. The maximum atomic E-state index is 12.6. The Labute approximate surface area is 163 Å². The highest BCUT2D eigenvalue weighted by Crippen LogP contribution is 2.23. The minimum Gasteiger partial charge on any atom is -0.320 e. The molecule has 0 unspecified atom stereocenters. The summed E-state index contributed by atoms with van der Waals surface area (Å²) in [6.07, 6.45) is 2.53. The standard InChI is InChI=1S/C21H19ClN4O/c1-14-3-2-4-18(11-14)24-21(27)26-10-9-19-16(13-26)12-23-20(25-19)15-5-7-17(22)8-6-15/h2-8,11-12H,9-10,13H2,1H3,(H,24,27). The summed E-state index contributed by atoms with van der Waals surface area (Å²) < 4.78 is 0. The van der Waals surface area contributed by atoms with Crippen molar-refractivity contribution in [3.63, 3.8) is 0 Å². The van der Waals surface area contributed by atoms with Gasteiger partial charge in [0.05, 0.1) is 12.2 Å². The Bertz CT molecular complexity index is 988. The lowest BCUT2D eigenvalue weighted by Gasteiger charge is -2.28. The number of nitrogens with zero attached hydrogens (tertiary/aromatic N) is 3. The number of urea groups is 1. The second-order valence-corrected chi connectivity index (χ2v) is 7.08. The summed E-state index contributed by atoms with van der Waals surface area (Å²) in [5.41, 5.74) is 4.83. The third kappa shape index (κ3) is 3.93. The molecule has 0 radical (unpaired) electrons. The van der Waals surface area contributed by atoms with Crippen LogP contribution in [0.1, 0.15) is 16.8 Å². The molecule has 1 N–H and O–H groups in total. The Morgan fingerprint density at radius 3 is 2.78 bits per heavy atom. The number of aryl methyl sites for hydroxylation is 1. The van der Waals surface area contributed by atoms with E-state index in [1.807, 2.05) is 61.7 Å². The number of aromatic nitrogens is 2. The lowest BCUT2D eigenvalue weighted by molar-refractivity contribution is 0.206. The molecule has 0 bridgehead atoms. The van der Waals surface area contributed by atoms with Crippen molar-refractivity contribution in [2.24, 2.45) is 0 Å². The molecule has 1 aliphatic heterocycles. The number of carbonyl (C=O) groups excluding carboxylic acids is 1. The first kappa shape index (κ1) is 17.5. The van der Waals surface area contributed by atoms with Gasteiger partial charge in [0.15, 0.2) is 5.82 Å². The summed E-state index contributed by atoms with van der Waals surface area (Å²) in [6.45, 7) is 3.14. The third-order valence-corrected chi connectivity index (χ3v) is 4.84. The minimum atomic E-state index is -0.104. The van der Waals surface area contributed by atoms with Gasteiger partial charge in [0.25, 0.3) is 0 Å². The average Bonchev–Trinajstić information content (AvgIpc) is 2.68. The second kappa shape index (κ2) is 7.37. The molecule has 1 aliphatic rings. The van der Waals surface area contributed by atoms with E-state index < -0.39 is 0 Å². The number of fused-ring (bicyclic) bond motifs is 1. The summed E-state index contributed by atoms with van der Waals surface area (Å²) in [5.74, 6) is 0.683. The van der Waals surface area contributed by atoms with Crippen LogP contribution in [0.5, 0.6) is 0 Å². The van der Waals surface area contributed by atoms with Crippen LogP contribution in [0.3, 0.4) is 0 Å². The van der Waals surface area contributed by atoms with Crippen LogP contribution in [0.25, 0.3) is 11.4 Å². The maximum absolute atomic E-state index is 12.6. The van der Waals surface area contributed by atoms with E-state index in [-0.39, 0.29) is 6.03 Å². The van der Waals surface area contributed by atoms with E-state index in [2.05, 4.69) is 15.3 Å². The zero-order chi connectivity index (χ0) is 18.8. The van der Waals surface area contributed by atoms with Crippen LogP contribution in [0.4, 0.5) is 10.5 Å². The van der Waals surface area contributed by atoms with E-state index in [0.29, 0.717) is 30.4 Å². The van der Waals surface area contributed by atoms with Crippen molar-refractivity contribution < 1.29 is 4.79 Å². The number of halogens is 1. The second-order valence-electron chi connectivity index (χ2n) is 6.64. The summed E-state index contributed by atoms with van der Waals surface area (Å²) in [6, 6.07) is 15.2. The van der Waals surface area contributed by atoms with Crippen LogP contribution in [-0.2, 0) is 13.0 Å². The van der Waals surface area contributed by atoms with Gasteiger partial charge in [-0.1, -0.05) is 23.7 Å². The Hall–Kier alpha value is -2.92. The highest BCUT2D eigenvalue weighted by atomic mass is 35.5. The lowest BCUT2D eigenvalue weighted by Crippen LogP contribution is -2.39. The highest BCUT2D eigenvalue weighted by Gasteiger charge is 2.22. The fourth-order valence-electron chi connectivity index (χ4n) is 3.15. The monoisotopic (exact) mass is 378 g/mol. The van der Waals surface area contributed by atoms with Crippen molar-refractivity contribution in [3.8, 4) is 11.4 Å². The number of amides is 2. The number of nitrogens with one attached hydrogen (secondary N) is 1. The molecule has 0 saturated carbocycles. The topological polar surface area (TPSA) is 58.1 Å². The fraction of sp³-hybridized carbons (Fsp3) is 0.190. The average molecular weight is 379 g/mol. The number of carbonyl (C=O) groups is 1. The molecule has 0 spiro atoms. The van der Waals surface area contributed by atoms with Crippen LogP contribution in [0, 0.1) is 6.92 Å². The third-order valence-electron chi connectivity index (χ3n) is 4.59. The molecule has 0 saturated heterocycles. The molecule has 6 heteroatoms. The van der Waals surface area contributed by atoms with E-state index in [9.17, 15) is 4.79 Å². The van der Waals surface area contributed by atoms with Crippen LogP contribution in [0.2, 0.25) is 5.02 Å². The first-order valence-corrected chi connectivity index (χ1v) is 9.19. The molecule has 0 atom stereocenters. The largest absolute Gasteiger partial charge is 0.322 e. The number of anilines is 1. The quantitative estimate of drug-likeness (QED) is 0.703. The van der Waals surface area contributed by atoms with E-state index in [1.165, 1.54) is 0 Å². The molecule has 2 heterocycles. The van der Waals surface area contributed by atoms with Crippen LogP contribution >= 0.6 is 11.6 Å². The summed E-state index contributed by atoms with van der Waals surface area (Å²) >= 11 is 5.94. The van der Waals surface area contributed by atoms with Gasteiger partial charge < -0.3 is 10.2 Å². The molecule has 4 rings (SSSR count). The van der Waals surface area contributed by atoms with Crippen molar-refractivity contribution in [1.29, 1.82) is 0 Å². The van der Waals surface area contributed by atoms with E-state index in [0.717, 1.165) is 28.1 Å². The molecule has 5 nitrogen and oxygen atoms in total. The first-order valence-electron chi connectivity index (χ1n) is 8.82. The summed E-state index contributed by atoms with van der Waals surface area (Å²) in [7, 11) is 0. The van der Waals surface area contributed by atoms with Crippen LogP contribution < -0.4 is 5.32 Å². The Morgan fingerprint density at radius 1 is 1.19 bits per heavy atom. The van der Waals surface area contributed by atoms with E-state index in [1.54, 1.807) is 4.90 Å². The molecule has 136 valence electrons. The number of hydrogen-bond donors (Lipinski definition) is 1. The predicted octanol–water partition coefficient (Wildman–Crippen LogP) is 4.70. The van der Waals surface area contributed by atoms with Gasteiger partial charge in [-0.15, -0.1) is 0 Å². The van der Waals surface area contributed by atoms with Crippen LogP contribution in [-0.4, -0.2) is 27.4 Å². The lowest BCUT2D eigenvalue weighted by atomic mass is 10.1. The Kier molecular flexibility index (Phi) is 4.77. The smallest absolute Gasteiger partial charge is 0.320 e. The summed E-state index contributed by atoms with van der Waals surface area (Å²) in [4.78, 5) is 23.5. The minimum absolute atomic E-state index is 0.104. The molecule has 0 aliphatic carbocycles. The highest BCUT2D eigenvalue weighted by molar-refractivity contribution is 6.30. The van der Waals surface area contributed by atoms with E-state index >= 15 is 0 Å². The predicted molar refractivity (Wildman–Crippen MR) is 107 cm³/mol. The molecule has 2 amide bonds. The van der Waals surface area contributed by atoms with Gasteiger partial charge in [0, 0.05) is 41.0 Å². The van der Waals surface area contributed by atoms with Crippen molar-refractivity contribution in [1.82, 2.24) is 14.9 Å². The van der Waals surface area contributed by atoms with Gasteiger partial charge in [0.2, 0.25) is 0 Å². The number of rotatable bonds is 2. The van der Waals surface area contributed by atoms with Gasteiger partial charge in [-0.05, 0) is 48.9 Å². The van der Waals surface area contributed by atoms with E-state index in [4.69, 9.17) is 11.6 Å². The number of benzene rings is 2. The van der Waals surface area contributed by atoms with Crippen molar-refractivity contribution >= 4 is 23.3 Å². The fourth-order valence-corrected chi connectivity index (χ4v) is 3.28. The van der Waals surface area contributed by atoms with Gasteiger partial charge in [-0.3, -0.25) is 0 Å². The molecule has 0 fully saturated rings. The van der Waals surface area contributed by atoms with Crippen LogP contribution in [0.15, 0.2) is 54.7 Å². The molecule has 27 heavy (non-hydrogen) atoms. The molecule has 3 aromatic rings. The van der Waals surface area contributed by atoms with Crippen molar-refractivity contribution in [2.45, 2.75) is 19.9 Å². The Morgan fingerprint density at radius 2 is 2.00 bits per heavy atom. The maximum Gasteiger partial charge on any atom is 0.322 e. The van der Waals surface area contributed by atoms with Gasteiger partial charge in [-0.2, -0.15) is 0 Å². The molecular formula is C21H19ClN4O. The normalized spacial score (nSPS) is 13.2. The zero-order valence-electron chi connectivity index (χ0n) is 14.9. The summed E-state index contributed by atoms with van der Waals surface area (Å²) in [5, 5.41) is 3.65. The first-order chi connectivity index (χ1) is 13.1. The van der Waals surface area contributed by atoms with Crippen molar-refractivity contribution in [2.75, 3.05) is 11.9 Å². The Balaban J connectivity index is 1.48. The molecule has 1 aromatic heterocycles. The van der Waals surface area contributed by atoms with Crippen molar-refractivity contribution in [3.05, 3.63) is 76.6 Å². The van der Waals surface area contributed by atoms with Gasteiger partial charge in [-0.25, -0.2) is 14.8 Å². The van der Waals surface area contributed by atoms with Gasteiger partial charge >= 0.3 is 6.03 Å². The zero-order valence-corrected chi connectivity index (χ0v) is 15.7.